The molecular weight excluding hydrogens is 200 g/mol. The topological polar surface area (TPSA) is 33.7 Å². The highest BCUT2D eigenvalue weighted by Gasteiger charge is 2.20. The van der Waals surface area contributed by atoms with E-state index in [2.05, 4.69) is 39.9 Å². The highest BCUT2D eigenvalue weighted by atomic mass is 15.3. The van der Waals surface area contributed by atoms with Crippen LogP contribution in [-0.2, 0) is 6.54 Å². The van der Waals surface area contributed by atoms with Crippen molar-refractivity contribution >= 4 is 6.72 Å². The number of hydrogen-bond acceptors (Lipinski definition) is 2. The molecule has 1 aliphatic heterocycles. The second kappa shape index (κ2) is 3.56. The maximum absolute atomic E-state index is 4.13. The highest BCUT2D eigenvalue weighted by Crippen LogP contribution is 2.34. The summed E-state index contributed by atoms with van der Waals surface area (Å²) < 4.78 is 3.90. The molecule has 1 fully saturated rings. The van der Waals surface area contributed by atoms with E-state index < -0.39 is 0 Å². The molecule has 0 aromatic carbocycles. The maximum Gasteiger partial charge on any atom is 0.137 e. The Labute approximate surface area is 94.6 Å². The first-order chi connectivity index (χ1) is 7.84. The minimum absolute atomic E-state index is 0.789. The highest BCUT2D eigenvalue weighted by molar-refractivity contribution is 5.46. The van der Waals surface area contributed by atoms with Crippen LogP contribution in [0, 0.1) is 12.5 Å². The molecule has 0 radical (unpaired) electrons. The molecule has 0 N–H and O–H groups in total. The Morgan fingerprint density at radius 3 is 3.38 bits per heavy atom. The summed E-state index contributed by atoms with van der Waals surface area (Å²) in [7, 11) is 0. The van der Waals surface area contributed by atoms with Crippen molar-refractivity contribution in [1.29, 1.82) is 0 Å². The predicted molar refractivity (Wildman–Crippen MR) is 60.6 cm³/mol. The van der Waals surface area contributed by atoms with Crippen LogP contribution in [-0.4, -0.2) is 32.6 Å². The third-order valence-corrected chi connectivity index (χ3v) is 3.02. The number of nitrogens with zero attached hydrogens (tertiary/aromatic N) is 4. The van der Waals surface area contributed by atoms with Crippen molar-refractivity contribution in [2.45, 2.75) is 13.0 Å². The molecule has 1 saturated heterocycles. The minimum atomic E-state index is 0.789. The molecule has 0 saturated carbocycles. The van der Waals surface area contributed by atoms with Crippen LogP contribution >= 0.6 is 0 Å². The molecule has 1 aromatic heterocycles. The third kappa shape index (κ3) is 1.43. The molecule has 1 aliphatic carbocycles. The van der Waals surface area contributed by atoms with Gasteiger partial charge in [-0.3, -0.25) is 4.68 Å². The van der Waals surface area contributed by atoms with E-state index >= 15 is 0 Å². The zero-order valence-electron chi connectivity index (χ0n) is 9.00. The zero-order chi connectivity index (χ0) is 11.0. The number of hydrogen-bond donors (Lipinski definition) is 0. The monoisotopic (exact) mass is 213 g/mol. The van der Waals surface area contributed by atoms with Crippen molar-refractivity contribution in [3.05, 3.63) is 48.4 Å². The first-order valence-electron chi connectivity index (χ1n) is 5.36. The summed E-state index contributed by atoms with van der Waals surface area (Å²) in [6.45, 7) is 5.81. The first-order valence-corrected chi connectivity index (χ1v) is 5.36. The molecule has 2 aliphatic rings. The summed E-state index contributed by atoms with van der Waals surface area (Å²) in [4.78, 5) is 3.96. The third-order valence-electron chi connectivity index (χ3n) is 3.02. The van der Waals surface area contributed by atoms with Gasteiger partial charge in [-0.2, -0.15) is 16.7 Å². The summed E-state index contributed by atoms with van der Waals surface area (Å²) in [6.07, 6.45) is 10.7. The quantitative estimate of drug-likeness (QED) is 0.542. The Bertz CT molecular complexity index is 467. The number of allylic oxidation sites excluding steroid dienone is 2. The Balaban J connectivity index is 1.89. The fourth-order valence-corrected chi connectivity index (χ4v) is 2.21. The Morgan fingerprint density at radius 1 is 1.62 bits per heavy atom. The molecule has 1 aromatic rings. The van der Waals surface area contributed by atoms with E-state index in [4.69, 9.17) is 0 Å². The van der Waals surface area contributed by atoms with E-state index in [0.717, 1.165) is 19.5 Å². The van der Waals surface area contributed by atoms with Crippen LogP contribution in [0.15, 0.2) is 36.0 Å². The van der Waals surface area contributed by atoms with Crippen LogP contribution in [0.4, 0.5) is 0 Å². The Morgan fingerprint density at radius 2 is 2.56 bits per heavy atom. The lowest BCUT2D eigenvalue weighted by molar-refractivity contribution is -0.475. The second-order valence-corrected chi connectivity index (χ2v) is 4.02. The van der Waals surface area contributed by atoms with Gasteiger partial charge in [-0.15, -0.1) is 0 Å². The largest absolute Gasteiger partial charge is 0.307 e. The van der Waals surface area contributed by atoms with Crippen LogP contribution in [0.5, 0.6) is 0 Å². The van der Waals surface area contributed by atoms with E-state index in [9.17, 15) is 0 Å². The molecule has 16 heavy (non-hydrogen) atoms. The van der Waals surface area contributed by atoms with Gasteiger partial charge in [0.05, 0.1) is 6.72 Å². The fraction of sp³-hybridized carbons (Fsp3) is 0.250. The normalized spacial score (nSPS) is 19.0. The van der Waals surface area contributed by atoms with Crippen LogP contribution in [0.1, 0.15) is 6.42 Å². The van der Waals surface area contributed by atoms with Crippen molar-refractivity contribution in [2.75, 3.05) is 6.54 Å². The summed E-state index contributed by atoms with van der Waals surface area (Å²) in [5.74, 6) is 0. The molecule has 0 atom stereocenters. The van der Waals surface area contributed by atoms with Gasteiger partial charge < -0.3 is 4.58 Å². The van der Waals surface area contributed by atoms with Gasteiger partial charge in [-0.1, -0.05) is 0 Å². The van der Waals surface area contributed by atoms with Gasteiger partial charge in [0.2, 0.25) is 0 Å². The molecular formula is C12H13N4-. The van der Waals surface area contributed by atoms with Gasteiger partial charge in [0, 0.05) is 12.6 Å². The average Bonchev–Trinajstić information content (AvgIpc) is 2.90. The molecule has 4 heteroatoms. The van der Waals surface area contributed by atoms with Gasteiger partial charge in [0.1, 0.15) is 19.2 Å². The first kappa shape index (κ1) is 9.27. The van der Waals surface area contributed by atoms with E-state index in [1.165, 1.54) is 17.2 Å². The van der Waals surface area contributed by atoms with Crippen LogP contribution in [0.2, 0.25) is 0 Å². The van der Waals surface area contributed by atoms with Gasteiger partial charge in [0.15, 0.2) is 0 Å². The van der Waals surface area contributed by atoms with Crippen molar-refractivity contribution in [3.63, 3.8) is 0 Å². The van der Waals surface area contributed by atoms with Gasteiger partial charge >= 0.3 is 0 Å². The van der Waals surface area contributed by atoms with Crippen LogP contribution < -0.4 is 0 Å². The van der Waals surface area contributed by atoms with Crippen molar-refractivity contribution in [3.8, 4) is 0 Å². The van der Waals surface area contributed by atoms with Crippen molar-refractivity contribution < 1.29 is 4.58 Å². The molecule has 2 heterocycles. The van der Waals surface area contributed by atoms with Crippen LogP contribution in [0.3, 0.4) is 0 Å². The zero-order valence-corrected chi connectivity index (χ0v) is 9.00. The van der Waals surface area contributed by atoms with Gasteiger partial charge in [-0.05, 0) is 6.42 Å². The Kier molecular flexibility index (Phi) is 2.06. The smallest absolute Gasteiger partial charge is 0.137 e. The molecule has 0 amide bonds. The van der Waals surface area contributed by atoms with Gasteiger partial charge in [0.25, 0.3) is 0 Å². The van der Waals surface area contributed by atoms with Crippen molar-refractivity contribution in [2.24, 2.45) is 0 Å². The summed E-state index contributed by atoms with van der Waals surface area (Å²) >= 11 is 0. The molecule has 3 rings (SSSR count). The lowest BCUT2D eigenvalue weighted by Crippen LogP contribution is -2.13. The predicted octanol–water partition coefficient (Wildman–Crippen LogP) is 0.998. The number of aromatic nitrogens is 3. The Hall–Kier alpha value is -1.97. The molecule has 82 valence electrons. The molecule has 4 nitrogen and oxygen atoms in total. The van der Waals surface area contributed by atoms with Crippen molar-refractivity contribution in [1.82, 2.24) is 14.8 Å². The summed E-state index contributed by atoms with van der Waals surface area (Å²) in [6, 6.07) is 1.25. The standard InChI is InChI=1S/C12H13N4/c1-15-6-5-11-10(3-2-4-12(11)15)7-16-9-13-8-14-16/h2-4,8-9H,1,5-7H2/q-1. The van der Waals surface area contributed by atoms with Crippen LogP contribution in [0.25, 0.3) is 0 Å². The lowest BCUT2D eigenvalue weighted by Gasteiger charge is -2.29. The van der Waals surface area contributed by atoms with E-state index in [1.807, 2.05) is 4.68 Å². The summed E-state index contributed by atoms with van der Waals surface area (Å²) in [5.41, 5.74) is 2.71. The number of fused-ring (bicyclic) bond motifs is 1. The molecule has 0 spiro atoms. The lowest BCUT2D eigenvalue weighted by atomic mass is 9.93. The van der Waals surface area contributed by atoms with E-state index in [-0.39, 0.29) is 0 Å². The average molecular weight is 213 g/mol. The maximum atomic E-state index is 4.13. The van der Waals surface area contributed by atoms with Gasteiger partial charge in [-0.25, -0.2) is 23.1 Å². The second-order valence-electron chi connectivity index (χ2n) is 4.02. The van der Waals surface area contributed by atoms with E-state index in [0.29, 0.717) is 0 Å². The fourth-order valence-electron chi connectivity index (χ4n) is 2.21. The number of rotatable bonds is 2. The SMILES string of the molecule is C=[N+]1CCC2=C(Cn3cncn3)[CH-]C=C[C-]21. The van der Waals surface area contributed by atoms with E-state index in [1.54, 1.807) is 12.7 Å². The molecule has 0 bridgehead atoms. The molecule has 0 unspecified atom stereocenters. The minimum Gasteiger partial charge on any atom is -0.307 e. The summed E-state index contributed by atoms with van der Waals surface area (Å²) in [5, 5.41) is 4.13.